The minimum Gasteiger partial charge on any atom is -0.504 e. The summed E-state index contributed by atoms with van der Waals surface area (Å²) in [6.07, 6.45) is -7.65. The Morgan fingerprint density at radius 1 is 1.04 bits per heavy atom. The topological polar surface area (TPSA) is 191 Å². The number of hydrogen-bond acceptors (Lipinski definition) is 9. The maximum Gasteiger partial charge on any atom is 0.336 e. The predicted octanol–water partition coefficient (Wildman–Crippen LogP) is -1.42. The first kappa shape index (κ1) is 21.9. The zero-order valence-corrected chi connectivity index (χ0v) is 13.9. The van der Waals surface area contributed by atoms with E-state index in [1.807, 2.05) is 0 Å². The van der Waals surface area contributed by atoms with Crippen LogP contribution in [-0.2, 0) is 19.1 Å². The van der Waals surface area contributed by atoms with Gasteiger partial charge in [0.05, 0.1) is 7.11 Å². The van der Waals surface area contributed by atoms with Crippen LogP contribution in [0.1, 0.15) is 5.56 Å². The van der Waals surface area contributed by atoms with Gasteiger partial charge in [-0.25, -0.2) is 14.4 Å². The van der Waals surface area contributed by atoms with Crippen LogP contribution in [0.25, 0.3) is 6.08 Å². The molecule has 0 amide bonds. The van der Waals surface area contributed by atoms with Gasteiger partial charge >= 0.3 is 17.9 Å². The Kier molecular flexibility index (Phi) is 7.72. The van der Waals surface area contributed by atoms with Gasteiger partial charge in [-0.1, -0.05) is 6.07 Å². The molecule has 0 saturated heterocycles. The van der Waals surface area contributed by atoms with Crippen LogP contribution in [0.4, 0.5) is 0 Å². The van der Waals surface area contributed by atoms with E-state index in [0.717, 1.165) is 6.08 Å². The molecule has 0 aliphatic rings. The molecule has 4 atom stereocenters. The van der Waals surface area contributed by atoms with Gasteiger partial charge in [0.15, 0.2) is 29.8 Å². The lowest BCUT2D eigenvalue weighted by atomic mass is 10.0. The summed E-state index contributed by atoms with van der Waals surface area (Å²) in [5, 5.41) is 55.4. The van der Waals surface area contributed by atoms with Gasteiger partial charge in [-0.05, 0) is 23.8 Å². The Labute approximate surface area is 152 Å². The molecule has 0 spiro atoms. The quantitative estimate of drug-likeness (QED) is 0.215. The van der Waals surface area contributed by atoms with Crippen molar-refractivity contribution in [3.8, 4) is 11.5 Å². The zero-order valence-electron chi connectivity index (χ0n) is 13.9. The van der Waals surface area contributed by atoms with E-state index < -0.39 is 42.3 Å². The van der Waals surface area contributed by atoms with Crippen LogP contribution in [0.5, 0.6) is 11.5 Å². The van der Waals surface area contributed by atoms with Crippen molar-refractivity contribution < 1.29 is 54.5 Å². The van der Waals surface area contributed by atoms with Crippen LogP contribution in [-0.4, -0.2) is 80.1 Å². The summed E-state index contributed by atoms with van der Waals surface area (Å²) >= 11 is 0. The van der Waals surface area contributed by atoms with Crippen molar-refractivity contribution in [1.29, 1.82) is 0 Å². The van der Waals surface area contributed by atoms with Gasteiger partial charge in [0.25, 0.3) is 0 Å². The van der Waals surface area contributed by atoms with Crippen molar-refractivity contribution in [3.05, 3.63) is 29.8 Å². The second-order valence-corrected chi connectivity index (χ2v) is 5.22. The Bertz CT molecular complexity index is 727. The van der Waals surface area contributed by atoms with Crippen LogP contribution >= 0.6 is 0 Å². The standard InChI is InChI=1S/C16H18O11/c1-26-9-6-7(2-4-8(9)17)3-5-10(18)27-14(13(21)16(24)25)11(19)12(20)15(22)23/h2-6,11-14,17,19-21H,1H3,(H,22,23)(H,24,25)/b5-3-/t11-,12-,13+,14+/m1/s1. The van der Waals surface area contributed by atoms with Crippen LogP contribution in [0.15, 0.2) is 24.3 Å². The summed E-state index contributed by atoms with van der Waals surface area (Å²) < 4.78 is 9.48. The first-order chi connectivity index (χ1) is 12.6. The van der Waals surface area contributed by atoms with Gasteiger partial charge in [-0.15, -0.1) is 0 Å². The molecule has 0 radical (unpaired) electrons. The van der Waals surface area contributed by atoms with Crippen molar-refractivity contribution in [2.24, 2.45) is 0 Å². The largest absolute Gasteiger partial charge is 0.504 e. The lowest BCUT2D eigenvalue weighted by Crippen LogP contribution is -2.52. The molecule has 0 unspecified atom stereocenters. The number of phenolic OH excluding ortho intramolecular Hbond substituents is 1. The number of aliphatic hydroxyl groups excluding tert-OH is 3. The number of carboxylic acids is 2. The molecule has 0 bridgehead atoms. The molecule has 0 aliphatic carbocycles. The van der Waals surface area contributed by atoms with E-state index in [0.29, 0.717) is 5.56 Å². The number of carboxylic acid groups (broad SMARTS) is 2. The maximum atomic E-state index is 11.8. The highest BCUT2D eigenvalue weighted by Crippen LogP contribution is 2.26. The van der Waals surface area contributed by atoms with Crippen molar-refractivity contribution in [3.63, 3.8) is 0 Å². The number of methoxy groups -OCH3 is 1. The monoisotopic (exact) mass is 386 g/mol. The van der Waals surface area contributed by atoms with Crippen LogP contribution in [0.2, 0.25) is 0 Å². The van der Waals surface area contributed by atoms with Gasteiger partial charge in [0.1, 0.15) is 6.10 Å². The third-order valence-corrected chi connectivity index (χ3v) is 3.35. The molecule has 1 aromatic rings. The molecular formula is C16H18O11. The number of carbonyl (C=O) groups is 3. The van der Waals surface area contributed by atoms with Crippen LogP contribution in [0, 0.1) is 0 Å². The Balaban J connectivity index is 2.95. The molecule has 11 nitrogen and oxygen atoms in total. The molecule has 0 heterocycles. The van der Waals surface area contributed by atoms with Gasteiger partial charge in [0, 0.05) is 6.08 Å². The van der Waals surface area contributed by atoms with Crippen molar-refractivity contribution in [2.75, 3.05) is 7.11 Å². The first-order valence-corrected chi connectivity index (χ1v) is 7.34. The highest BCUT2D eigenvalue weighted by molar-refractivity contribution is 5.88. The van der Waals surface area contributed by atoms with Crippen molar-refractivity contribution in [2.45, 2.75) is 24.4 Å². The normalized spacial score (nSPS) is 15.6. The first-order valence-electron chi connectivity index (χ1n) is 7.34. The number of aliphatic carboxylic acids is 2. The Morgan fingerprint density at radius 2 is 1.63 bits per heavy atom. The molecule has 0 aromatic heterocycles. The molecule has 27 heavy (non-hydrogen) atoms. The number of esters is 1. The SMILES string of the molecule is COc1cc(/C=C\C(=O)O[C@@H]([C@H](O)[C@@H](O)C(=O)O)[C@H](O)C(=O)O)ccc1O. The van der Waals surface area contributed by atoms with Gasteiger partial charge < -0.3 is 40.1 Å². The number of aromatic hydroxyl groups is 1. The number of carbonyl (C=O) groups excluding carboxylic acids is 1. The highest BCUT2D eigenvalue weighted by Gasteiger charge is 2.41. The third kappa shape index (κ3) is 5.95. The van der Waals surface area contributed by atoms with Gasteiger partial charge in [0.2, 0.25) is 0 Å². The van der Waals surface area contributed by atoms with E-state index in [2.05, 4.69) is 4.74 Å². The molecule has 1 rings (SSSR count). The van der Waals surface area contributed by atoms with Crippen LogP contribution in [0.3, 0.4) is 0 Å². The number of rotatable bonds is 9. The summed E-state index contributed by atoms with van der Waals surface area (Å²) in [6.45, 7) is 0. The lowest BCUT2D eigenvalue weighted by Gasteiger charge is -2.26. The number of phenols is 1. The molecule has 148 valence electrons. The smallest absolute Gasteiger partial charge is 0.336 e. The summed E-state index contributed by atoms with van der Waals surface area (Å²) in [4.78, 5) is 33.4. The zero-order chi connectivity index (χ0) is 20.7. The number of ether oxygens (including phenoxy) is 2. The Hall–Kier alpha value is -3.15. The fourth-order valence-corrected chi connectivity index (χ4v) is 1.92. The lowest BCUT2D eigenvalue weighted by molar-refractivity contribution is -0.184. The number of aliphatic hydroxyl groups is 3. The summed E-state index contributed by atoms with van der Waals surface area (Å²) in [5.74, 6) is -5.08. The van der Waals surface area contributed by atoms with Gasteiger partial charge in [-0.2, -0.15) is 0 Å². The molecule has 0 aliphatic heterocycles. The minimum absolute atomic E-state index is 0.115. The van der Waals surface area contributed by atoms with E-state index in [1.54, 1.807) is 0 Å². The Morgan fingerprint density at radius 3 is 2.15 bits per heavy atom. The fourth-order valence-electron chi connectivity index (χ4n) is 1.92. The van der Waals surface area contributed by atoms with Gasteiger partial charge in [-0.3, -0.25) is 0 Å². The van der Waals surface area contributed by atoms with E-state index in [-0.39, 0.29) is 11.5 Å². The second kappa shape index (κ2) is 9.52. The van der Waals surface area contributed by atoms with E-state index in [9.17, 15) is 34.8 Å². The predicted molar refractivity (Wildman–Crippen MR) is 86.9 cm³/mol. The molecule has 1 aromatic carbocycles. The molecule has 11 heteroatoms. The van der Waals surface area contributed by atoms with E-state index >= 15 is 0 Å². The average Bonchev–Trinajstić information content (AvgIpc) is 2.63. The highest BCUT2D eigenvalue weighted by atomic mass is 16.6. The van der Waals surface area contributed by atoms with Crippen LogP contribution < -0.4 is 4.74 Å². The average molecular weight is 386 g/mol. The molecular weight excluding hydrogens is 368 g/mol. The van der Waals surface area contributed by atoms with E-state index in [1.165, 1.54) is 31.4 Å². The summed E-state index contributed by atoms with van der Waals surface area (Å²) in [6, 6.07) is 4.06. The minimum atomic E-state index is -2.50. The molecule has 0 fully saturated rings. The number of hydrogen-bond donors (Lipinski definition) is 6. The van der Waals surface area contributed by atoms with Crippen molar-refractivity contribution in [1.82, 2.24) is 0 Å². The third-order valence-electron chi connectivity index (χ3n) is 3.35. The second-order valence-electron chi connectivity index (χ2n) is 5.22. The maximum absolute atomic E-state index is 11.8. The summed E-state index contributed by atoms with van der Waals surface area (Å²) in [7, 11) is 1.31. The molecule has 6 N–H and O–H groups in total. The fraction of sp³-hybridized carbons (Fsp3) is 0.312. The number of benzene rings is 1. The van der Waals surface area contributed by atoms with E-state index in [4.69, 9.17) is 14.9 Å². The summed E-state index contributed by atoms with van der Waals surface area (Å²) in [5.41, 5.74) is 0.378. The molecule has 0 saturated carbocycles. The van der Waals surface area contributed by atoms with Crippen molar-refractivity contribution >= 4 is 24.0 Å².